The van der Waals surface area contributed by atoms with Crippen LogP contribution < -0.4 is 10.2 Å². The molecule has 0 unspecified atom stereocenters. The number of rotatable bonds is 1. The highest BCUT2D eigenvalue weighted by Crippen LogP contribution is 2.37. The Labute approximate surface area is 83.5 Å². The summed E-state index contributed by atoms with van der Waals surface area (Å²) in [5, 5.41) is 18.1. The maximum atomic E-state index is 9.04. The molecular formula is C10H13BO3. The molecular weight excluding hydrogens is 179 g/mol. The lowest BCUT2D eigenvalue weighted by Gasteiger charge is -2.15. The SMILES string of the molecule is CC1(C)COc2ccc(B(O)O)cc21. The Balaban J connectivity index is 2.48. The maximum absolute atomic E-state index is 9.04. The predicted octanol–water partition coefficient (Wildman–Crippen LogP) is 0.0364. The largest absolute Gasteiger partial charge is 0.492 e. The molecule has 0 bridgehead atoms. The monoisotopic (exact) mass is 192 g/mol. The van der Waals surface area contributed by atoms with E-state index in [2.05, 4.69) is 13.8 Å². The average Bonchev–Trinajstić information content (AvgIpc) is 2.42. The second-order valence-corrected chi connectivity index (χ2v) is 4.30. The van der Waals surface area contributed by atoms with E-state index in [0.717, 1.165) is 11.3 Å². The van der Waals surface area contributed by atoms with Crippen molar-refractivity contribution in [2.75, 3.05) is 6.61 Å². The van der Waals surface area contributed by atoms with Crippen molar-refractivity contribution in [2.24, 2.45) is 0 Å². The van der Waals surface area contributed by atoms with Gasteiger partial charge in [-0.15, -0.1) is 0 Å². The van der Waals surface area contributed by atoms with Gasteiger partial charge in [-0.3, -0.25) is 0 Å². The maximum Gasteiger partial charge on any atom is 0.488 e. The first-order valence-corrected chi connectivity index (χ1v) is 4.64. The first-order chi connectivity index (χ1) is 6.50. The van der Waals surface area contributed by atoms with E-state index in [1.54, 1.807) is 18.2 Å². The fourth-order valence-electron chi connectivity index (χ4n) is 1.70. The molecule has 2 N–H and O–H groups in total. The minimum atomic E-state index is -1.41. The van der Waals surface area contributed by atoms with Crippen LogP contribution in [0.1, 0.15) is 19.4 Å². The molecule has 0 aliphatic carbocycles. The van der Waals surface area contributed by atoms with Gasteiger partial charge in [0, 0.05) is 11.0 Å². The van der Waals surface area contributed by atoms with Gasteiger partial charge in [-0.25, -0.2) is 0 Å². The summed E-state index contributed by atoms with van der Waals surface area (Å²) in [6.07, 6.45) is 0. The van der Waals surface area contributed by atoms with Crippen molar-refractivity contribution in [2.45, 2.75) is 19.3 Å². The Hall–Kier alpha value is -0.995. The van der Waals surface area contributed by atoms with Crippen molar-refractivity contribution >= 4 is 12.6 Å². The van der Waals surface area contributed by atoms with Crippen LogP contribution in [-0.4, -0.2) is 23.8 Å². The van der Waals surface area contributed by atoms with Gasteiger partial charge < -0.3 is 14.8 Å². The Morgan fingerprint density at radius 1 is 1.36 bits per heavy atom. The van der Waals surface area contributed by atoms with E-state index in [4.69, 9.17) is 14.8 Å². The molecule has 0 saturated carbocycles. The summed E-state index contributed by atoms with van der Waals surface area (Å²) in [6, 6.07) is 5.26. The molecule has 0 fully saturated rings. The molecule has 0 radical (unpaired) electrons. The molecule has 1 aromatic carbocycles. The van der Waals surface area contributed by atoms with Crippen LogP contribution in [-0.2, 0) is 5.41 Å². The van der Waals surface area contributed by atoms with E-state index in [-0.39, 0.29) is 5.41 Å². The first kappa shape index (κ1) is 9.56. The highest BCUT2D eigenvalue weighted by Gasteiger charge is 2.32. The van der Waals surface area contributed by atoms with Gasteiger partial charge in [0.15, 0.2) is 0 Å². The lowest BCUT2D eigenvalue weighted by Crippen LogP contribution is -2.31. The van der Waals surface area contributed by atoms with Crippen LogP contribution in [0.15, 0.2) is 18.2 Å². The third-order valence-electron chi connectivity index (χ3n) is 2.62. The van der Waals surface area contributed by atoms with Crippen LogP contribution in [0.25, 0.3) is 0 Å². The summed E-state index contributed by atoms with van der Waals surface area (Å²) in [6.45, 7) is 4.80. The van der Waals surface area contributed by atoms with Crippen LogP contribution in [0.3, 0.4) is 0 Å². The number of hydrogen-bond donors (Lipinski definition) is 2. The lowest BCUT2D eigenvalue weighted by molar-refractivity contribution is 0.291. The van der Waals surface area contributed by atoms with Crippen molar-refractivity contribution in [3.63, 3.8) is 0 Å². The van der Waals surface area contributed by atoms with Gasteiger partial charge in [0.1, 0.15) is 5.75 Å². The Morgan fingerprint density at radius 3 is 2.71 bits per heavy atom. The van der Waals surface area contributed by atoms with Gasteiger partial charge in [0.25, 0.3) is 0 Å². The molecule has 0 spiro atoms. The summed E-state index contributed by atoms with van der Waals surface area (Å²) in [4.78, 5) is 0. The van der Waals surface area contributed by atoms with E-state index in [1.165, 1.54) is 0 Å². The van der Waals surface area contributed by atoms with Crippen molar-refractivity contribution in [1.82, 2.24) is 0 Å². The molecule has 74 valence electrons. The zero-order valence-corrected chi connectivity index (χ0v) is 8.32. The molecule has 0 aromatic heterocycles. The zero-order valence-electron chi connectivity index (χ0n) is 8.32. The van der Waals surface area contributed by atoms with Crippen molar-refractivity contribution < 1.29 is 14.8 Å². The molecule has 0 amide bonds. The van der Waals surface area contributed by atoms with Gasteiger partial charge in [-0.05, 0) is 11.5 Å². The van der Waals surface area contributed by atoms with Gasteiger partial charge in [-0.1, -0.05) is 26.0 Å². The number of fused-ring (bicyclic) bond motifs is 1. The summed E-state index contributed by atoms with van der Waals surface area (Å²) in [5.74, 6) is 0.847. The second kappa shape index (κ2) is 3.00. The van der Waals surface area contributed by atoms with Crippen LogP contribution in [0.2, 0.25) is 0 Å². The highest BCUT2D eigenvalue weighted by atomic mass is 16.5. The molecule has 1 aromatic rings. The van der Waals surface area contributed by atoms with Crippen molar-refractivity contribution in [3.05, 3.63) is 23.8 Å². The molecule has 0 saturated heterocycles. The van der Waals surface area contributed by atoms with E-state index >= 15 is 0 Å². The van der Waals surface area contributed by atoms with Crippen LogP contribution in [0.5, 0.6) is 5.75 Å². The van der Waals surface area contributed by atoms with Gasteiger partial charge >= 0.3 is 7.12 Å². The number of ether oxygens (including phenoxy) is 1. The molecule has 3 nitrogen and oxygen atoms in total. The Kier molecular flexibility index (Phi) is 2.05. The minimum Gasteiger partial charge on any atom is -0.492 e. The van der Waals surface area contributed by atoms with E-state index in [0.29, 0.717) is 12.1 Å². The van der Waals surface area contributed by atoms with Crippen molar-refractivity contribution in [3.8, 4) is 5.75 Å². The zero-order chi connectivity index (χ0) is 10.3. The van der Waals surface area contributed by atoms with Gasteiger partial charge in [0.2, 0.25) is 0 Å². The summed E-state index contributed by atoms with van der Waals surface area (Å²) < 4.78 is 5.49. The van der Waals surface area contributed by atoms with Crippen LogP contribution in [0, 0.1) is 0 Å². The fourth-order valence-corrected chi connectivity index (χ4v) is 1.70. The van der Waals surface area contributed by atoms with Crippen LogP contribution in [0.4, 0.5) is 0 Å². The van der Waals surface area contributed by atoms with E-state index in [9.17, 15) is 0 Å². The topological polar surface area (TPSA) is 49.7 Å². The smallest absolute Gasteiger partial charge is 0.488 e. The Bertz CT molecular complexity index is 360. The molecule has 0 atom stereocenters. The van der Waals surface area contributed by atoms with E-state index < -0.39 is 7.12 Å². The molecule has 1 aliphatic rings. The Morgan fingerprint density at radius 2 is 2.07 bits per heavy atom. The average molecular weight is 192 g/mol. The predicted molar refractivity (Wildman–Crippen MR) is 54.8 cm³/mol. The first-order valence-electron chi connectivity index (χ1n) is 4.64. The van der Waals surface area contributed by atoms with Gasteiger partial charge in [-0.2, -0.15) is 0 Å². The standard InChI is InChI=1S/C10H13BO3/c1-10(2)6-14-9-4-3-7(11(12)13)5-8(9)10/h3-5,12-13H,6H2,1-2H3. The molecule has 14 heavy (non-hydrogen) atoms. The third-order valence-corrected chi connectivity index (χ3v) is 2.62. The molecule has 1 heterocycles. The fraction of sp³-hybridized carbons (Fsp3) is 0.400. The highest BCUT2D eigenvalue weighted by molar-refractivity contribution is 6.58. The second-order valence-electron chi connectivity index (χ2n) is 4.30. The molecule has 1 aliphatic heterocycles. The normalized spacial score (nSPS) is 17.4. The van der Waals surface area contributed by atoms with Crippen molar-refractivity contribution in [1.29, 1.82) is 0 Å². The quantitative estimate of drug-likeness (QED) is 0.617. The molecule has 2 rings (SSSR count). The van der Waals surface area contributed by atoms with Crippen LogP contribution >= 0.6 is 0 Å². The van der Waals surface area contributed by atoms with Gasteiger partial charge in [0.05, 0.1) is 6.61 Å². The summed E-state index contributed by atoms with van der Waals surface area (Å²) in [7, 11) is -1.41. The number of hydrogen-bond acceptors (Lipinski definition) is 3. The lowest BCUT2D eigenvalue weighted by atomic mass is 9.76. The van der Waals surface area contributed by atoms with E-state index in [1.807, 2.05) is 0 Å². The summed E-state index contributed by atoms with van der Waals surface area (Å²) in [5.41, 5.74) is 1.52. The third kappa shape index (κ3) is 1.40. The number of benzene rings is 1. The molecule has 4 heteroatoms. The summed E-state index contributed by atoms with van der Waals surface area (Å²) >= 11 is 0. The minimum absolute atomic E-state index is 0.0414.